The van der Waals surface area contributed by atoms with Gasteiger partial charge in [0.25, 0.3) is 0 Å². The summed E-state index contributed by atoms with van der Waals surface area (Å²) in [4.78, 5) is 6.12. The van der Waals surface area contributed by atoms with Crippen molar-refractivity contribution in [2.24, 2.45) is 0 Å². The summed E-state index contributed by atoms with van der Waals surface area (Å²) in [7, 11) is 2.01. The van der Waals surface area contributed by atoms with Gasteiger partial charge in [0, 0.05) is 38.0 Å². The van der Waals surface area contributed by atoms with Crippen LogP contribution in [0.3, 0.4) is 0 Å². The van der Waals surface area contributed by atoms with Crippen LogP contribution in [0.25, 0.3) is 0 Å². The molecule has 2 heterocycles. The van der Waals surface area contributed by atoms with Crippen LogP contribution in [-0.2, 0) is 11.8 Å². The van der Waals surface area contributed by atoms with Crippen LogP contribution in [0.15, 0.2) is 21.3 Å². The van der Waals surface area contributed by atoms with Gasteiger partial charge >= 0.3 is 0 Å². The third-order valence-corrected chi connectivity index (χ3v) is 5.66. The van der Waals surface area contributed by atoms with Crippen molar-refractivity contribution in [3.8, 4) is 0 Å². The molecular formula is C14H19BrN2S2. The average molecular weight is 359 g/mol. The molecule has 1 unspecified atom stereocenters. The number of nitrogens with zero attached hydrogens (tertiary/aromatic N) is 1. The molecule has 0 aliphatic carbocycles. The summed E-state index contributed by atoms with van der Waals surface area (Å²) in [5.41, 5.74) is 1.32. The van der Waals surface area contributed by atoms with Gasteiger partial charge < -0.3 is 5.32 Å². The van der Waals surface area contributed by atoms with Crippen molar-refractivity contribution in [1.29, 1.82) is 0 Å². The lowest BCUT2D eigenvalue weighted by Gasteiger charge is -2.15. The maximum absolute atomic E-state index is 4.77. The molecule has 2 aromatic rings. The van der Waals surface area contributed by atoms with Crippen molar-refractivity contribution in [2.45, 2.75) is 38.6 Å². The molecule has 1 atom stereocenters. The topological polar surface area (TPSA) is 24.9 Å². The average Bonchev–Trinajstić information content (AvgIpc) is 2.94. The smallest absolute Gasteiger partial charge is 0.0947 e. The van der Waals surface area contributed by atoms with Crippen molar-refractivity contribution in [2.75, 3.05) is 7.05 Å². The van der Waals surface area contributed by atoms with Crippen LogP contribution < -0.4 is 5.32 Å². The standard InChI is InChI=1S/C14H19BrN2S2/c1-14(2,3)12-8-19-13(17-12)6-10(16-4)11-5-9(15)7-18-11/h5,7-8,10,16H,6H2,1-4H3. The first-order valence-electron chi connectivity index (χ1n) is 6.26. The van der Waals surface area contributed by atoms with Crippen LogP contribution in [0.1, 0.15) is 42.4 Å². The molecule has 0 aliphatic heterocycles. The zero-order valence-electron chi connectivity index (χ0n) is 11.7. The quantitative estimate of drug-likeness (QED) is 0.851. The summed E-state index contributed by atoms with van der Waals surface area (Å²) >= 11 is 7.06. The number of likely N-dealkylation sites (N-methyl/N-ethyl adjacent to an activating group) is 1. The van der Waals surface area contributed by atoms with E-state index in [1.807, 2.05) is 7.05 Å². The van der Waals surface area contributed by atoms with E-state index >= 15 is 0 Å². The molecule has 5 heteroatoms. The van der Waals surface area contributed by atoms with Gasteiger partial charge in [0.1, 0.15) is 0 Å². The lowest BCUT2D eigenvalue weighted by atomic mass is 9.93. The molecule has 0 radical (unpaired) electrons. The van der Waals surface area contributed by atoms with E-state index in [1.165, 1.54) is 15.6 Å². The number of thiazole rings is 1. The van der Waals surface area contributed by atoms with Crippen LogP contribution in [0.5, 0.6) is 0 Å². The van der Waals surface area contributed by atoms with Crippen molar-refractivity contribution in [3.05, 3.63) is 36.9 Å². The van der Waals surface area contributed by atoms with Crippen molar-refractivity contribution >= 4 is 38.6 Å². The molecule has 0 saturated carbocycles. The summed E-state index contributed by atoms with van der Waals surface area (Å²) in [5, 5.41) is 8.90. The Bertz CT molecular complexity index is 540. The summed E-state index contributed by atoms with van der Waals surface area (Å²) < 4.78 is 1.15. The largest absolute Gasteiger partial charge is 0.312 e. The maximum Gasteiger partial charge on any atom is 0.0947 e. The molecule has 2 nitrogen and oxygen atoms in total. The van der Waals surface area contributed by atoms with Gasteiger partial charge in [-0.15, -0.1) is 22.7 Å². The normalized spacial score (nSPS) is 13.7. The minimum Gasteiger partial charge on any atom is -0.312 e. The predicted molar refractivity (Wildman–Crippen MR) is 88.3 cm³/mol. The Kier molecular flexibility index (Phi) is 4.82. The fourth-order valence-electron chi connectivity index (χ4n) is 1.78. The highest BCUT2D eigenvalue weighted by Gasteiger charge is 2.19. The van der Waals surface area contributed by atoms with Gasteiger partial charge in [-0.1, -0.05) is 20.8 Å². The monoisotopic (exact) mass is 358 g/mol. The van der Waals surface area contributed by atoms with Gasteiger partial charge in [0.05, 0.1) is 10.7 Å². The van der Waals surface area contributed by atoms with E-state index in [0.29, 0.717) is 6.04 Å². The summed E-state index contributed by atoms with van der Waals surface area (Å²) in [6.07, 6.45) is 0.949. The zero-order chi connectivity index (χ0) is 14.0. The van der Waals surface area contributed by atoms with Gasteiger partial charge in [-0.25, -0.2) is 4.98 Å². The van der Waals surface area contributed by atoms with Crippen LogP contribution in [0.2, 0.25) is 0 Å². The van der Waals surface area contributed by atoms with Gasteiger partial charge in [-0.05, 0) is 29.0 Å². The van der Waals surface area contributed by atoms with Crippen LogP contribution in [0.4, 0.5) is 0 Å². The van der Waals surface area contributed by atoms with Gasteiger partial charge in [-0.2, -0.15) is 0 Å². The number of nitrogens with one attached hydrogen (secondary N) is 1. The van der Waals surface area contributed by atoms with E-state index in [1.54, 1.807) is 22.7 Å². The molecule has 1 N–H and O–H groups in total. The molecule has 0 fully saturated rings. The summed E-state index contributed by atoms with van der Waals surface area (Å²) in [5.74, 6) is 0. The fraction of sp³-hybridized carbons (Fsp3) is 0.500. The molecular weight excluding hydrogens is 340 g/mol. The number of halogens is 1. The second-order valence-electron chi connectivity index (χ2n) is 5.59. The minimum atomic E-state index is 0.135. The molecule has 0 aromatic carbocycles. The first kappa shape index (κ1) is 15.2. The predicted octanol–water partition coefficient (Wildman–Crippen LogP) is 4.77. The first-order chi connectivity index (χ1) is 8.90. The third kappa shape index (κ3) is 3.88. The van der Waals surface area contributed by atoms with E-state index in [0.717, 1.165) is 10.9 Å². The SMILES string of the molecule is CNC(Cc1nc(C(C)(C)C)cs1)c1cc(Br)cs1. The number of thiophene rings is 1. The molecule has 0 bridgehead atoms. The van der Waals surface area contributed by atoms with E-state index in [2.05, 4.69) is 58.8 Å². The number of hydrogen-bond acceptors (Lipinski definition) is 4. The third-order valence-electron chi connectivity index (χ3n) is 2.98. The van der Waals surface area contributed by atoms with E-state index in [-0.39, 0.29) is 5.41 Å². The van der Waals surface area contributed by atoms with Gasteiger partial charge in [-0.3, -0.25) is 0 Å². The first-order valence-corrected chi connectivity index (χ1v) is 8.81. The highest BCUT2D eigenvalue weighted by molar-refractivity contribution is 9.10. The Labute approximate surface area is 131 Å². The molecule has 2 aromatic heterocycles. The van der Waals surface area contributed by atoms with Crippen molar-refractivity contribution in [1.82, 2.24) is 10.3 Å². The lowest BCUT2D eigenvalue weighted by molar-refractivity contribution is 0.562. The van der Waals surface area contributed by atoms with Crippen molar-refractivity contribution < 1.29 is 0 Å². The van der Waals surface area contributed by atoms with Crippen molar-refractivity contribution in [3.63, 3.8) is 0 Å². The molecule has 104 valence electrons. The Hall–Kier alpha value is -0.230. The molecule has 19 heavy (non-hydrogen) atoms. The zero-order valence-corrected chi connectivity index (χ0v) is 14.9. The molecule has 0 amide bonds. The van der Waals surface area contributed by atoms with Gasteiger partial charge in [0.2, 0.25) is 0 Å². The highest BCUT2D eigenvalue weighted by atomic mass is 79.9. The summed E-state index contributed by atoms with van der Waals surface area (Å²) in [6.45, 7) is 6.62. The van der Waals surface area contributed by atoms with Crippen LogP contribution in [0, 0.1) is 0 Å². The minimum absolute atomic E-state index is 0.135. The highest BCUT2D eigenvalue weighted by Crippen LogP contribution is 2.30. The Morgan fingerprint density at radius 1 is 1.32 bits per heavy atom. The molecule has 2 rings (SSSR count). The van der Waals surface area contributed by atoms with Crippen LogP contribution >= 0.6 is 38.6 Å². The second-order valence-corrected chi connectivity index (χ2v) is 8.39. The Morgan fingerprint density at radius 2 is 2.05 bits per heavy atom. The maximum atomic E-state index is 4.77. The van der Waals surface area contributed by atoms with E-state index in [9.17, 15) is 0 Å². The fourth-order valence-corrected chi connectivity index (χ4v) is 4.40. The second kappa shape index (κ2) is 6.04. The van der Waals surface area contributed by atoms with Gasteiger partial charge in [0.15, 0.2) is 0 Å². The van der Waals surface area contributed by atoms with Crippen LogP contribution in [-0.4, -0.2) is 12.0 Å². The Morgan fingerprint density at radius 3 is 2.53 bits per heavy atom. The van der Waals surface area contributed by atoms with E-state index in [4.69, 9.17) is 4.98 Å². The number of aromatic nitrogens is 1. The summed E-state index contributed by atoms with van der Waals surface area (Å²) in [6, 6.07) is 2.53. The Balaban J connectivity index is 2.13. The number of hydrogen-bond donors (Lipinski definition) is 1. The van der Waals surface area contributed by atoms with E-state index < -0.39 is 0 Å². The lowest BCUT2D eigenvalue weighted by Crippen LogP contribution is -2.18. The molecule has 0 saturated heterocycles. The molecule has 0 aliphatic rings. The number of rotatable bonds is 4. The molecule has 0 spiro atoms.